The Kier molecular flexibility index (Phi) is 7.04. The average molecular weight is 461 g/mol. The van der Waals surface area contributed by atoms with E-state index in [1.54, 1.807) is 54.6 Å². The maximum atomic E-state index is 13.5. The first kappa shape index (κ1) is 22.5. The number of nitrogens with one attached hydrogen (secondary N) is 1. The molecule has 0 bridgehead atoms. The van der Waals surface area contributed by atoms with Gasteiger partial charge in [-0.2, -0.15) is 0 Å². The van der Waals surface area contributed by atoms with Crippen molar-refractivity contribution in [2.75, 3.05) is 30.4 Å². The molecule has 0 atom stereocenters. The van der Waals surface area contributed by atoms with Crippen LogP contribution in [0, 0.1) is 0 Å². The summed E-state index contributed by atoms with van der Waals surface area (Å²) in [4.78, 5) is 12.9. The van der Waals surface area contributed by atoms with Crippen LogP contribution in [0.3, 0.4) is 0 Å². The van der Waals surface area contributed by atoms with Crippen molar-refractivity contribution < 1.29 is 22.7 Å². The van der Waals surface area contributed by atoms with Gasteiger partial charge in [0.25, 0.3) is 10.0 Å². The normalized spacial score (nSPS) is 10.9. The lowest BCUT2D eigenvalue weighted by atomic mass is 10.2. The molecule has 0 spiro atoms. The van der Waals surface area contributed by atoms with Crippen molar-refractivity contribution in [3.05, 3.63) is 77.8 Å². The molecule has 0 unspecified atom stereocenters. The number of para-hydroxylation sites is 1. The van der Waals surface area contributed by atoms with Gasteiger partial charge in [0.05, 0.1) is 35.5 Å². The first-order valence-corrected chi connectivity index (χ1v) is 11.0. The summed E-state index contributed by atoms with van der Waals surface area (Å²) in [6.45, 7) is -0.508. The van der Waals surface area contributed by atoms with Crippen molar-refractivity contribution >= 4 is 38.9 Å². The predicted octanol–water partition coefficient (Wildman–Crippen LogP) is 4.19. The van der Waals surface area contributed by atoms with Crippen molar-refractivity contribution in [2.24, 2.45) is 0 Å². The molecule has 162 valence electrons. The summed E-state index contributed by atoms with van der Waals surface area (Å²) in [5.74, 6) is 0.110. The van der Waals surface area contributed by atoms with E-state index in [0.29, 0.717) is 16.5 Å². The van der Waals surface area contributed by atoms with E-state index >= 15 is 0 Å². The number of halogens is 1. The zero-order valence-corrected chi connectivity index (χ0v) is 18.5. The lowest BCUT2D eigenvalue weighted by molar-refractivity contribution is -0.114. The minimum atomic E-state index is -4.11. The van der Waals surface area contributed by atoms with Crippen LogP contribution in [0.25, 0.3) is 0 Å². The number of rotatable bonds is 8. The molecule has 0 saturated heterocycles. The van der Waals surface area contributed by atoms with Crippen molar-refractivity contribution in [2.45, 2.75) is 4.90 Å². The van der Waals surface area contributed by atoms with Gasteiger partial charge in [0.15, 0.2) is 0 Å². The maximum Gasteiger partial charge on any atom is 0.264 e. The number of hydrogen-bond donors (Lipinski definition) is 1. The Morgan fingerprint density at radius 3 is 2.29 bits per heavy atom. The molecule has 9 heteroatoms. The largest absolute Gasteiger partial charge is 0.497 e. The first-order chi connectivity index (χ1) is 14.9. The van der Waals surface area contributed by atoms with Gasteiger partial charge >= 0.3 is 0 Å². The van der Waals surface area contributed by atoms with Crippen molar-refractivity contribution in [1.29, 1.82) is 0 Å². The number of benzene rings is 3. The molecule has 1 N–H and O–H groups in total. The van der Waals surface area contributed by atoms with Crippen LogP contribution < -0.4 is 19.1 Å². The van der Waals surface area contributed by atoms with Gasteiger partial charge in [-0.25, -0.2) is 8.42 Å². The van der Waals surface area contributed by atoms with Gasteiger partial charge in [-0.3, -0.25) is 9.10 Å². The number of carbonyl (C=O) groups is 1. The van der Waals surface area contributed by atoms with E-state index in [1.807, 2.05) is 0 Å². The fourth-order valence-corrected chi connectivity index (χ4v) is 4.52. The smallest absolute Gasteiger partial charge is 0.264 e. The Morgan fingerprint density at radius 1 is 0.968 bits per heavy atom. The molecule has 0 aliphatic carbocycles. The molecule has 0 aliphatic rings. The molecule has 0 heterocycles. The molecule has 3 aromatic carbocycles. The van der Waals surface area contributed by atoms with Crippen LogP contribution in [0.4, 0.5) is 11.4 Å². The number of hydrogen-bond acceptors (Lipinski definition) is 5. The highest BCUT2D eigenvalue weighted by Gasteiger charge is 2.30. The summed E-state index contributed by atoms with van der Waals surface area (Å²) in [5, 5.41) is 2.99. The van der Waals surface area contributed by atoms with Crippen molar-refractivity contribution in [3.63, 3.8) is 0 Å². The molecule has 0 radical (unpaired) electrons. The van der Waals surface area contributed by atoms with Crippen LogP contribution in [-0.4, -0.2) is 35.1 Å². The molecule has 3 aromatic rings. The number of nitrogens with zero attached hydrogens (tertiary/aromatic N) is 1. The maximum absolute atomic E-state index is 13.5. The number of carbonyl (C=O) groups excluding carboxylic acids is 1. The van der Waals surface area contributed by atoms with Gasteiger partial charge < -0.3 is 14.8 Å². The molecule has 1 amide bonds. The average Bonchev–Trinajstić information content (AvgIpc) is 2.79. The van der Waals surface area contributed by atoms with Crippen molar-refractivity contribution in [1.82, 2.24) is 0 Å². The van der Waals surface area contributed by atoms with Crippen LogP contribution in [-0.2, 0) is 14.8 Å². The van der Waals surface area contributed by atoms with Crippen LogP contribution in [0.5, 0.6) is 11.5 Å². The summed E-state index contributed by atoms with van der Waals surface area (Å²) >= 11 is 6.11. The summed E-state index contributed by atoms with van der Waals surface area (Å²) in [7, 11) is -1.22. The zero-order chi connectivity index (χ0) is 22.4. The summed E-state index contributed by atoms with van der Waals surface area (Å²) < 4.78 is 38.5. The number of anilines is 2. The van der Waals surface area contributed by atoms with Crippen LogP contribution >= 0.6 is 11.6 Å². The molecular weight excluding hydrogens is 440 g/mol. The van der Waals surface area contributed by atoms with Crippen LogP contribution in [0.15, 0.2) is 77.7 Å². The van der Waals surface area contributed by atoms with Gasteiger partial charge in [0, 0.05) is 6.07 Å². The van der Waals surface area contributed by atoms with E-state index < -0.39 is 22.5 Å². The molecule has 0 saturated carbocycles. The third kappa shape index (κ3) is 5.10. The van der Waals surface area contributed by atoms with Crippen molar-refractivity contribution in [3.8, 4) is 11.5 Å². The Morgan fingerprint density at radius 2 is 1.65 bits per heavy atom. The third-order valence-corrected chi connectivity index (χ3v) is 6.52. The van der Waals surface area contributed by atoms with Gasteiger partial charge in [-0.05, 0) is 36.4 Å². The molecular formula is C22H21ClN2O5S. The number of ether oxygens (including phenoxy) is 2. The standard InChI is InChI=1S/C22H21ClN2O5S/c1-29-16-12-13-21(30-2)20(14-16)25(31(27,28)17-8-4-3-5-9-17)15-22(26)24-19-11-7-6-10-18(19)23/h3-14H,15H2,1-2H3,(H,24,26). The highest BCUT2D eigenvalue weighted by Crippen LogP contribution is 2.35. The van der Waals surface area contributed by atoms with Crippen LogP contribution in [0.1, 0.15) is 0 Å². The fraction of sp³-hybridized carbons (Fsp3) is 0.136. The second-order valence-electron chi connectivity index (χ2n) is 6.39. The van der Waals surface area contributed by atoms with Gasteiger partial charge in [0.1, 0.15) is 18.0 Å². The zero-order valence-electron chi connectivity index (χ0n) is 16.9. The molecule has 0 aliphatic heterocycles. The number of amides is 1. The molecule has 0 fully saturated rings. The van der Waals surface area contributed by atoms with E-state index in [4.69, 9.17) is 21.1 Å². The quantitative estimate of drug-likeness (QED) is 0.544. The Hall–Kier alpha value is -3.23. The van der Waals surface area contributed by atoms with Gasteiger partial charge in [-0.15, -0.1) is 0 Å². The lowest BCUT2D eigenvalue weighted by Gasteiger charge is -2.26. The third-order valence-electron chi connectivity index (χ3n) is 4.42. The monoisotopic (exact) mass is 460 g/mol. The molecule has 7 nitrogen and oxygen atoms in total. The SMILES string of the molecule is COc1ccc(OC)c(N(CC(=O)Nc2ccccc2Cl)S(=O)(=O)c2ccccc2)c1. The molecule has 3 rings (SSSR count). The van der Waals surface area contributed by atoms with Gasteiger partial charge in [0.2, 0.25) is 5.91 Å². The van der Waals surface area contributed by atoms with Gasteiger partial charge in [-0.1, -0.05) is 41.9 Å². The second-order valence-corrected chi connectivity index (χ2v) is 8.66. The minimum Gasteiger partial charge on any atom is -0.497 e. The van der Waals surface area contributed by atoms with E-state index in [9.17, 15) is 13.2 Å². The molecule has 31 heavy (non-hydrogen) atoms. The number of sulfonamides is 1. The van der Waals surface area contributed by atoms with E-state index in [0.717, 1.165) is 4.31 Å². The molecule has 0 aromatic heterocycles. The summed E-state index contributed by atoms with van der Waals surface area (Å²) in [6, 6.07) is 19.3. The van der Waals surface area contributed by atoms with E-state index in [-0.39, 0.29) is 16.3 Å². The topological polar surface area (TPSA) is 84.9 Å². The Bertz CT molecular complexity index is 1170. The second kappa shape index (κ2) is 9.72. The number of methoxy groups -OCH3 is 2. The van der Waals surface area contributed by atoms with Crippen LogP contribution in [0.2, 0.25) is 5.02 Å². The van der Waals surface area contributed by atoms with E-state index in [1.165, 1.54) is 32.4 Å². The predicted molar refractivity (Wildman–Crippen MR) is 121 cm³/mol. The summed E-state index contributed by atoms with van der Waals surface area (Å²) in [6.07, 6.45) is 0. The lowest BCUT2D eigenvalue weighted by Crippen LogP contribution is -2.38. The summed E-state index contributed by atoms with van der Waals surface area (Å²) in [5.41, 5.74) is 0.545. The highest BCUT2D eigenvalue weighted by molar-refractivity contribution is 7.92. The Balaban J connectivity index is 2.05. The Labute approximate surface area is 186 Å². The fourth-order valence-electron chi connectivity index (χ4n) is 2.89. The minimum absolute atomic E-state index is 0.0328. The first-order valence-electron chi connectivity index (χ1n) is 9.21. The van der Waals surface area contributed by atoms with E-state index in [2.05, 4.69) is 5.32 Å². The highest BCUT2D eigenvalue weighted by atomic mass is 35.5.